The smallest absolute Gasteiger partial charge is 0.243 e. The maximum absolute atomic E-state index is 13.8. The summed E-state index contributed by atoms with van der Waals surface area (Å²) in [4.78, 5) is 4.33. The first-order chi connectivity index (χ1) is 15.4. The first-order valence-electron chi connectivity index (χ1n) is 9.95. The highest BCUT2D eigenvalue weighted by Gasteiger charge is 2.17. The van der Waals surface area contributed by atoms with Crippen molar-refractivity contribution in [2.45, 2.75) is 11.3 Å². The van der Waals surface area contributed by atoms with Crippen molar-refractivity contribution >= 4 is 46.4 Å². The minimum atomic E-state index is -3.91. The van der Waals surface area contributed by atoms with Gasteiger partial charge in [0.05, 0.1) is 5.69 Å². The third kappa shape index (κ3) is 4.62. The third-order valence-corrected chi connectivity index (χ3v) is 6.70. The van der Waals surface area contributed by atoms with Crippen LogP contribution >= 0.6 is 11.6 Å². The van der Waals surface area contributed by atoms with Gasteiger partial charge in [-0.05, 0) is 30.1 Å². The van der Waals surface area contributed by atoms with E-state index in [0.29, 0.717) is 35.1 Å². The summed E-state index contributed by atoms with van der Waals surface area (Å²) >= 11 is 6.35. The molecule has 0 spiro atoms. The normalized spacial score (nSPS) is 11.7. The molecule has 0 saturated heterocycles. The molecule has 0 radical (unpaired) electrons. The fraction of sp³-hybridized carbons (Fsp3) is 0.143. The number of sulfonamides is 1. The Morgan fingerprint density at radius 1 is 1.09 bits per heavy atom. The minimum Gasteiger partial charge on any atom is -0.370 e. The average Bonchev–Trinajstić information content (AvgIpc) is 3.15. The second-order valence-corrected chi connectivity index (χ2v) is 9.32. The van der Waals surface area contributed by atoms with Crippen molar-refractivity contribution in [3.8, 4) is 11.3 Å². The lowest BCUT2D eigenvalue weighted by molar-refractivity contribution is 0.556. The van der Waals surface area contributed by atoms with Crippen LogP contribution in [0.2, 0.25) is 5.02 Å². The summed E-state index contributed by atoms with van der Waals surface area (Å²) in [6, 6.07) is 14.6. The van der Waals surface area contributed by atoms with Crippen molar-refractivity contribution in [1.29, 1.82) is 0 Å². The van der Waals surface area contributed by atoms with E-state index in [-0.39, 0.29) is 11.4 Å². The molecule has 32 heavy (non-hydrogen) atoms. The fourth-order valence-electron chi connectivity index (χ4n) is 3.26. The molecular formula is C21H20BClFN5O2S. The molecule has 7 nitrogen and oxygen atoms in total. The summed E-state index contributed by atoms with van der Waals surface area (Å²) in [5.41, 5.74) is 3.12. The largest absolute Gasteiger partial charge is 0.370 e. The summed E-state index contributed by atoms with van der Waals surface area (Å²) < 4.78 is 42.5. The number of rotatable bonds is 8. The monoisotopic (exact) mass is 471 g/mol. The van der Waals surface area contributed by atoms with Gasteiger partial charge in [0.25, 0.3) is 0 Å². The van der Waals surface area contributed by atoms with Crippen molar-refractivity contribution in [1.82, 2.24) is 19.3 Å². The van der Waals surface area contributed by atoms with E-state index in [1.807, 2.05) is 32.1 Å². The zero-order chi connectivity index (χ0) is 22.7. The quantitative estimate of drug-likeness (QED) is 0.304. The van der Waals surface area contributed by atoms with Gasteiger partial charge in [0.2, 0.25) is 10.0 Å². The van der Waals surface area contributed by atoms with Gasteiger partial charge in [-0.3, -0.25) is 0 Å². The van der Waals surface area contributed by atoms with E-state index in [9.17, 15) is 12.8 Å². The standard InChI is InChI=1S/C21H20BClFN5O2S/c22-15-13-26-29-20(12-18(28-21(15)29)14-6-1-2-7-16(14)23)25-10-5-11-27-32(30,31)19-9-4-3-8-17(19)24/h1-4,6-9,12-13,25,27H,5,10-11,22H2. The number of aromatic nitrogens is 3. The van der Waals surface area contributed by atoms with Crippen LogP contribution in [0.3, 0.4) is 0 Å². The van der Waals surface area contributed by atoms with Crippen molar-refractivity contribution < 1.29 is 12.8 Å². The number of hydrogen-bond acceptors (Lipinski definition) is 5. The summed E-state index contributed by atoms with van der Waals surface area (Å²) in [6.45, 7) is 0.604. The van der Waals surface area contributed by atoms with Crippen LogP contribution in [0.25, 0.3) is 16.9 Å². The van der Waals surface area contributed by atoms with Gasteiger partial charge in [-0.15, -0.1) is 0 Å². The van der Waals surface area contributed by atoms with Crippen LogP contribution < -0.4 is 15.5 Å². The highest BCUT2D eigenvalue weighted by atomic mass is 35.5. The van der Waals surface area contributed by atoms with E-state index in [0.717, 1.165) is 17.1 Å². The van der Waals surface area contributed by atoms with Crippen molar-refractivity contribution in [3.05, 3.63) is 71.6 Å². The Morgan fingerprint density at radius 3 is 2.62 bits per heavy atom. The molecule has 4 aromatic rings. The maximum Gasteiger partial charge on any atom is 0.243 e. The topological polar surface area (TPSA) is 88.4 Å². The molecule has 2 aromatic heterocycles. The zero-order valence-electron chi connectivity index (χ0n) is 17.2. The molecule has 0 aliphatic carbocycles. The number of hydrogen-bond donors (Lipinski definition) is 2. The fourth-order valence-corrected chi connectivity index (χ4v) is 4.64. The molecular weight excluding hydrogens is 452 g/mol. The minimum absolute atomic E-state index is 0.146. The van der Waals surface area contributed by atoms with E-state index < -0.39 is 15.8 Å². The van der Waals surface area contributed by atoms with Gasteiger partial charge in [-0.25, -0.2) is 22.5 Å². The Balaban J connectivity index is 1.47. The lowest BCUT2D eigenvalue weighted by Gasteiger charge is -2.12. The predicted molar refractivity (Wildman–Crippen MR) is 126 cm³/mol. The molecule has 2 aromatic carbocycles. The van der Waals surface area contributed by atoms with Crippen LogP contribution in [0.1, 0.15) is 6.42 Å². The van der Waals surface area contributed by atoms with Gasteiger partial charge in [0, 0.05) is 35.9 Å². The average molecular weight is 472 g/mol. The molecule has 0 fully saturated rings. The molecule has 0 aliphatic heterocycles. The van der Waals surface area contributed by atoms with Crippen molar-refractivity contribution in [2.75, 3.05) is 18.4 Å². The Bertz CT molecular complexity index is 1380. The molecule has 0 bridgehead atoms. The van der Waals surface area contributed by atoms with E-state index in [1.165, 1.54) is 18.2 Å². The second-order valence-electron chi connectivity index (χ2n) is 7.18. The molecule has 0 unspecified atom stereocenters. The molecule has 2 heterocycles. The molecule has 0 atom stereocenters. The van der Waals surface area contributed by atoms with Gasteiger partial charge in [-0.1, -0.05) is 41.9 Å². The molecule has 164 valence electrons. The Kier molecular flexibility index (Phi) is 6.45. The highest BCUT2D eigenvalue weighted by molar-refractivity contribution is 7.89. The molecule has 0 aliphatic rings. The Labute approximate surface area is 191 Å². The first kappa shape index (κ1) is 22.3. The van der Waals surface area contributed by atoms with Crippen LogP contribution in [0, 0.1) is 5.82 Å². The summed E-state index contributed by atoms with van der Waals surface area (Å²) in [5.74, 6) is -0.0755. The number of benzene rings is 2. The van der Waals surface area contributed by atoms with Crippen LogP contribution in [-0.2, 0) is 10.0 Å². The number of anilines is 1. The molecule has 4 rings (SSSR count). The van der Waals surface area contributed by atoms with Gasteiger partial charge >= 0.3 is 0 Å². The molecule has 0 saturated carbocycles. The Morgan fingerprint density at radius 2 is 1.84 bits per heavy atom. The van der Waals surface area contributed by atoms with E-state index in [4.69, 9.17) is 16.6 Å². The van der Waals surface area contributed by atoms with Gasteiger partial charge in [0.1, 0.15) is 24.4 Å². The number of nitrogens with one attached hydrogen (secondary N) is 2. The van der Waals surface area contributed by atoms with Gasteiger partial charge < -0.3 is 5.32 Å². The molecule has 11 heteroatoms. The second kappa shape index (κ2) is 9.27. The van der Waals surface area contributed by atoms with E-state index in [2.05, 4.69) is 15.1 Å². The van der Waals surface area contributed by atoms with Gasteiger partial charge in [0.15, 0.2) is 5.65 Å². The van der Waals surface area contributed by atoms with Crippen molar-refractivity contribution in [2.24, 2.45) is 0 Å². The molecule has 2 N–H and O–H groups in total. The van der Waals surface area contributed by atoms with E-state index in [1.54, 1.807) is 16.8 Å². The summed E-state index contributed by atoms with van der Waals surface area (Å²) in [6.07, 6.45) is 2.20. The zero-order valence-corrected chi connectivity index (χ0v) is 18.8. The number of halogens is 2. The summed E-state index contributed by atoms with van der Waals surface area (Å²) in [5, 5.41) is 8.24. The Hall–Kier alpha value is -2.95. The number of nitrogens with zero attached hydrogens (tertiary/aromatic N) is 3. The van der Waals surface area contributed by atoms with Gasteiger partial charge in [-0.2, -0.15) is 9.61 Å². The first-order valence-corrected chi connectivity index (χ1v) is 11.8. The van der Waals surface area contributed by atoms with Crippen LogP contribution in [0.4, 0.5) is 10.2 Å². The van der Waals surface area contributed by atoms with Crippen molar-refractivity contribution in [3.63, 3.8) is 0 Å². The van der Waals surface area contributed by atoms with Crippen LogP contribution in [0.5, 0.6) is 0 Å². The maximum atomic E-state index is 13.8. The number of fused-ring (bicyclic) bond motifs is 1. The summed E-state index contributed by atoms with van der Waals surface area (Å²) in [7, 11) is -1.99. The van der Waals surface area contributed by atoms with Crippen LogP contribution in [0.15, 0.2) is 65.7 Å². The lowest BCUT2D eigenvalue weighted by Crippen LogP contribution is -2.27. The van der Waals surface area contributed by atoms with E-state index >= 15 is 0 Å². The predicted octanol–water partition coefficient (Wildman–Crippen LogP) is 2.23. The third-order valence-electron chi connectivity index (χ3n) is 4.88. The SMILES string of the molecule is Bc1cnn2c(NCCCNS(=O)(=O)c3ccccc3F)cc(-c3ccccc3Cl)nc12. The highest BCUT2D eigenvalue weighted by Crippen LogP contribution is 2.28. The van der Waals surface area contributed by atoms with Crippen LogP contribution in [-0.4, -0.2) is 44.0 Å². The lowest BCUT2D eigenvalue weighted by atomic mass is 10.0. The molecule has 0 amide bonds.